The highest BCUT2D eigenvalue weighted by Crippen LogP contribution is 2.28. The predicted octanol–water partition coefficient (Wildman–Crippen LogP) is 3.17. The molecule has 0 amide bonds. The number of piperidine rings is 1. The molecule has 1 heterocycles. The van der Waals surface area contributed by atoms with Crippen molar-refractivity contribution in [1.29, 1.82) is 0 Å². The minimum Gasteiger partial charge on any atom is -0.389 e. The first kappa shape index (κ1) is 25.4. The molecule has 3 rings (SSSR count). The van der Waals surface area contributed by atoms with Crippen molar-refractivity contribution in [3.05, 3.63) is 35.9 Å². The lowest BCUT2D eigenvalue weighted by molar-refractivity contribution is 0.0368. The number of ether oxygens (including phenoxy) is 1. The van der Waals surface area contributed by atoms with Crippen LogP contribution in [0.25, 0.3) is 0 Å². The number of guanidine groups is 1. The minimum absolute atomic E-state index is 0. The van der Waals surface area contributed by atoms with Gasteiger partial charge in [-0.05, 0) is 51.0 Å². The fourth-order valence-electron chi connectivity index (χ4n) is 3.79. The predicted molar refractivity (Wildman–Crippen MR) is 134 cm³/mol. The molecule has 0 aromatic heterocycles. The molecule has 30 heavy (non-hydrogen) atoms. The standard InChI is InChI=1S/C23H38N4O2.HI/c1-3-24-23(25-15-22(28)17-29-16-19-9-10-19)26-21-11-13-27(14-12-21)18(2)20-7-5-4-6-8-20;/h4-8,18-19,21-22,28H,3,9-17H2,1-2H3,(H2,24,25,26);1H. The molecule has 1 saturated heterocycles. The molecule has 1 aliphatic carbocycles. The molecular formula is C23H39IN4O2. The third-order valence-corrected chi connectivity index (χ3v) is 5.87. The quantitative estimate of drug-likeness (QED) is 0.247. The smallest absolute Gasteiger partial charge is 0.191 e. The SMILES string of the molecule is CCNC(=NCC(O)COCC1CC1)NC1CCN(C(C)c2ccccc2)CC1.I. The lowest BCUT2D eigenvalue weighted by Crippen LogP contribution is -2.49. The van der Waals surface area contributed by atoms with Crippen LogP contribution in [-0.4, -0.2) is 67.5 Å². The Bertz CT molecular complexity index is 619. The Morgan fingerprint density at radius 2 is 1.90 bits per heavy atom. The zero-order valence-electron chi connectivity index (χ0n) is 18.4. The van der Waals surface area contributed by atoms with Crippen molar-refractivity contribution < 1.29 is 9.84 Å². The number of hydrogen-bond donors (Lipinski definition) is 3. The van der Waals surface area contributed by atoms with Crippen LogP contribution in [0, 0.1) is 5.92 Å². The van der Waals surface area contributed by atoms with Crippen molar-refractivity contribution in [3.63, 3.8) is 0 Å². The highest BCUT2D eigenvalue weighted by molar-refractivity contribution is 14.0. The van der Waals surface area contributed by atoms with Crippen molar-refractivity contribution in [2.75, 3.05) is 39.4 Å². The van der Waals surface area contributed by atoms with Gasteiger partial charge < -0.3 is 20.5 Å². The van der Waals surface area contributed by atoms with Gasteiger partial charge >= 0.3 is 0 Å². The summed E-state index contributed by atoms with van der Waals surface area (Å²) in [6, 6.07) is 11.6. The maximum atomic E-state index is 10.1. The van der Waals surface area contributed by atoms with Crippen LogP contribution >= 0.6 is 24.0 Å². The molecule has 1 aromatic carbocycles. The molecule has 2 atom stereocenters. The van der Waals surface area contributed by atoms with Gasteiger partial charge in [-0.2, -0.15) is 0 Å². The van der Waals surface area contributed by atoms with E-state index < -0.39 is 6.10 Å². The summed E-state index contributed by atoms with van der Waals surface area (Å²) in [4.78, 5) is 7.13. The maximum Gasteiger partial charge on any atom is 0.191 e. The van der Waals surface area contributed by atoms with Crippen molar-refractivity contribution in [1.82, 2.24) is 15.5 Å². The van der Waals surface area contributed by atoms with Gasteiger partial charge in [-0.25, -0.2) is 0 Å². The maximum absolute atomic E-state index is 10.1. The molecule has 2 unspecified atom stereocenters. The first-order valence-electron chi connectivity index (χ1n) is 11.2. The Balaban J connectivity index is 0.00000320. The largest absolute Gasteiger partial charge is 0.389 e. The Morgan fingerprint density at radius 1 is 1.20 bits per heavy atom. The number of hydrogen-bond acceptors (Lipinski definition) is 4. The number of benzene rings is 1. The van der Waals surface area contributed by atoms with E-state index >= 15 is 0 Å². The fraction of sp³-hybridized carbons (Fsp3) is 0.696. The number of aliphatic hydroxyl groups excluding tert-OH is 1. The van der Waals surface area contributed by atoms with Crippen LogP contribution in [0.15, 0.2) is 35.3 Å². The number of nitrogens with zero attached hydrogens (tertiary/aromatic N) is 2. The molecule has 7 heteroatoms. The van der Waals surface area contributed by atoms with Gasteiger partial charge in [-0.1, -0.05) is 30.3 Å². The number of aliphatic hydroxyl groups is 1. The third-order valence-electron chi connectivity index (χ3n) is 5.87. The number of rotatable bonds is 10. The van der Waals surface area contributed by atoms with Crippen LogP contribution < -0.4 is 10.6 Å². The second-order valence-electron chi connectivity index (χ2n) is 8.40. The fourth-order valence-corrected chi connectivity index (χ4v) is 3.79. The number of aliphatic imine (C=N–C) groups is 1. The molecule has 0 spiro atoms. The summed E-state index contributed by atoms with van der Waals surface area (Å²) in [5, 5.41) is 17.0. The molecule has 1 saturated carbocycles. The van der Waals surface area contributed by atoms with E-state index in [1.165, 1.54) is 18.4 Å². The Kier molecular flexibility index (Phi) is 11.4. The zero-order valence-corrected chi connectivity index (χ0v) is 20.8. The average Bonchev–Trinajstić information content (AvgIpc) is 3.57. The third kappa shape index (κ3) is 8.69. The summed E-state index contributed by atoms with van der Waals surface area (Å²) in [6.45, 7) is 8.83. The van der Waals surface area contributed by atoms with Crippen LogP contribution in [-0.2, 0) is 4.74 Å². The Hall–Kier alpha value is -0.900. The topological polar surface area (TPSA) is 69.1 Å². The molecule has 6 nitrogen and oxygen atoms in total. The molecule has 2 aliphatic rings. The number of nitrogens with one attached hydrogen (secondary N) is 2. The van der Waals surface area contributed by atoms with Crippen molar-refractivity contribution in [2.45, 2.75) is 57.7 Å². The molecule has 1 aromatic rings. The lowest BCUT2D eigenvalue weighted by atomic mass is 10.0. The minimum atomic E-state index is -0.544. The van der Waals surface area contributed by atoms with Gasteiger partial charge in [0.1, 0.15) is 0 Å². The summed E-state index contributed by atoms with van der Waals surface area (Å²) in [7, 11) is 0. The molecular weight excluding hydrogens is 491 g/mol. The van der Waals surface area contributed by atoms with Gasteiger partial charge in [0.05, 0.1) is 19.3 Å². The summed E-state index contributed by atoms with van der Waals surface area (Å²) < 4.78 is 5.57. The van der Waals surface area contributed by atoms with Gasteiger partial charge in [0.25, 0.3) is 0 Å². The van der Waals surface area contributed by atoms with Crippen molar-refractivity contribution in [2.24, 2.45) is 10.9 Å². The molecule has 2 fully saturated rings. The number of halogens is 1. The van der Waals surface area contributed by atoms with E-state index in [0.717, 1.165) is 51.0 Å². The van der Waals surface area contributed by atoms with E-state index in [0.29, 0.717) is 25.2 Å². The van der Waals surface area contributed by atoms with Crippen LogP contribution in [0.5, 0.6) is 0 Å². The van der Waals surface area contributed by atoms with E-state index in [1.807, 2.05) is 0 Å². The highest BCUT2D eigenvalue weighted by Gasteiger charge is 2.24. The first-order valence-corrected chi connectivity index (χ1v) is 11.2. The van der Waals surface area contributed by atoms with Crippen LogP contribution in [0.4, 0.5) is 0 Å². The molecule has 1 aliphatic heterocycles. The van der Waals surface area contributed by atoms with E-state index in [4.69, 9.17) is 4.74 Å². The van der Waals surface area contributed by atoms with E-state index in [9.17, 15) is 5.11 Å². The average molecular weight is 530 g/mol. The van der Waals surface area contributed by atoms with Crippen LogP contribution in [0.1, 0.15) is 51.1 Å². The molecule has 3 N–H and O–H groups in total. The van der Waals surface area contributed by atoms with Gasteiger partial charge in [-0.3, -0.25) is 9.89 Å². The summed E-state index contributed by atoms with van der Waals surface area (Å²) >= 11 is 0. The van der Waals surface area contributed by atoms with E-state index in [2.05, 4.69) is 64.7 Å². The number of likely N-dealkylation sites (tertiary alicyclic amines) is 1. The van der Waals surface area contributed by atoms with E-state index in [-0.39, 0.29) is 24.0 Å². The zero-order chi connectivity index (χ0) is 20.5. The Labute approximate surface area is 198 Å². The monoisotopic (exact) mass is 530 g/mol. The second kappa shape index (κ2) is 13.5. The van der Waals surface area contributed by atoms with Gasteiger partial charge in [0.2, 0.25) is 0 Å². The van der Waals surface area contributed by atoms with Crippen molar-refractivity contribution in [3.8, 4) is 0 Å². The molecule has 0 radical (unpaired) electrons. The highest BCUT2D eigenvalue weighted by atomic mass is 127. The van der Waals surface area contributed by atoms with Crippen LogP contribution in [0.2, 0.25) is 0 Å². The molecule has 0 bridgehead atoms. The summed E-state index contributed by atoms with van der Waals surface area (Å²) in [5.74, 6) is 1.52. The summed E-state index contributed by atoms with van der Waals surface area (Å²) in [5.41, 5.74) is 1.38. The Morgan fingerprint density at radius 3 is 2.53 bits per heavy atom. The van der Waals surface area contributed by atoms with E-state index in [1.54, 1.807) is 0 Å². The lowest BCUT2D eigenvalue weighted by Gasteiger charge is -2.37. The molecule has 170 valence electrons. The first-order chi connectivity index (χ1) is 14.2. The van der Waals surface area contributed by atoms with Gasteiger partial charge in [-0.15, -0.1) is 24.0 Å². The van der Waals surface area contributed by atoms with Gasteiger partial charge in [0.15, 0.2) is 5.96 Å². The van der Waals surface area contributed by atoms with Gasteiger partial charge in [0, 0.05) is 38.3 Å². The van der Waals surface area contributed by atoms with Crippen LogP contribution in [0.3, 0.4) is 0 Å². The normalized spacial score (nSPS) is 20.3. The van der Waals surface area contributed by atoms with Crippen molar-refractivity contribution >= 4 is 29.9 Å². The second-order valence-corrected chi connectivity index (χ2v) is 8.40. The summed E-state index contributed by atoms with van der Waals surface area (Å²) in [6.07, 6.45) is 4.18.